The molecule has 0 bridgehead atoms. The van der Waals surface area contributed by atoms with E-state index in [9.17, 15) is 24.0 Å². The summed E-state index contributed by atoms with van der Waals surface area (Å²) in [6.45, 7) is 16.1. The maximum absolute atomic E-state index is 14.4. The molecule has 6 saturated heterocycles. The minimum absolute atomic E-state index is 0.00471. The Morgan fingerprint density at radius 2 is 0.598 bits per heavy atom. The molecule has 19 heteroatoms. The smallest absolute Gasteiger partial charge is 0.306 e. The summed E-state index contributed by atoms with van der Waals surface area (Å²) in [7, 11) is 0. The van der Waals surface area contributed by atoms with Gasteiger partial charge in [0, 0.05) is 51.6 Å². The van der Waals surface area contributed by atoms with Crippen LogP contribution in [0.1, 0.15) is 504 Å². The van der Waals surface area contributed by atoms with E-state index in [1.165, 1.54) is 199 Å². The molecular formula is C108H188O19. The van der Waals surface area contributed by atoms with Gasteiger partial charge in [-0.1, -0.05) is 349 Å². The number of esters is 5. The van der Waals surface area contributed by atoms with Crippen LogP contribution in [0.4, 0.5) is 0 Å². The van der Waals surface area contributed by atoms with Crippen molar-refractivity contribution in [1.82, 2.24) is 0 Å². The van der Waals surface area contributed by atoms with Gasteiger partial charge >= 0.3 is 29.8 Å². The lowest BCUT2D eigenvalue weighted by atomic mass is 9.98. The van der Waals surface area contributed by atoms with Crippen LogP contribution in [0.5, 0.6) is 11.5 Å². The summed E-state index contributed by atoms with van der Waals surface area (Å²) in [5.41, 5.74) is 0. The van der Waals surface area contributed by atoms with Gasteiger partial charge in [0.15, 0.2) is 12.2 Å². The summed E-state index contributed by atoms with van der Waals surface area (Å²) in [6.07, 6.45) is 70.0. The molecule has 127 heavy (non-hydrogen) atoms. The minimum Gasteiger partial charge on any atom is -0.465 e. The predicted octanol–water partition coefficient (Wildman–Crippen LogP) is 28.4. The lowest BCUT2D eigenvalue weighted by molar-refractivity contribution is -0.281. The molecule has 11 unspecified atom stereocenters. The van der Waals surface area contributed by atoms with Crippen LogP contribution in [-0.2, 0) is 80.8 Å². The number of benzene rings is 1. The summed E-state index contributed by atoms with van der Waals surface area (Å²) in [5.74, 6) is -1.16. The van der Waals surface area contributed by atoms with Crippen LogP contribution in [0.25, 0.3) is 0 Å². The molecule has 19 nitrogen and oxygen atoms in total. The largest absolute Gasteiger partial charge is 0.465 e. The number of carbonyl (C=O) groups is 5. The van der Waals surface area contributed by atoms with Crippen molar-refractivity contribution >= 4 is 29.8 Å². The molecule has 6 fully saturated rings. The Bertz CT molecular complexity index is 2900. The normalized spacial score (nSPS) is 24.3. The summed E-state index contributed by atoms with van der Waals surface area (Å²) in [5, 5.41) is 0. The van der Waals surface area contributed by atoms with Crippen LogP contribution in [0, 0.1) is 0 Å². The van der Waals surface area contributed by atoms with Gasteiger partial charge in [-0.15, -0.1) is 0 Å². The van der Waals surface area contributed by atoms with Crippen LogP contribution < -0.4 is 9.47 Å². The van der Waals surface area contributed by atoms with Gasteiger partial charge in [0.25, 0.3) is 0 Å². The molecule has 0 radical (unpaired) electrons. The summed E-state index contributed by atoms with van der Waals surface area (Å²) in [6, 6.07) is 6.93. The Labute approximate surface area is 773 Å². The molecular weight excluding hydrogens is 1600 g/mol. The molecule has 17 atom stereocenters. The van der Waals surface area contributed by atoms with Gasteiger partial charge in [0.05, 0.1) is 67.1 Å². The molecule has 6 heterocycles. The van der Waals surface area contributed by atoms with Crippen molar-refractivity contribution < 1.29 is 90.3 Å². The Hall–Kier alpha value is -4.11. The van der Waals surface area contributed by atoms with E-state index in [0.29, 0.717) is 98.9 Å². The first-order chi connectivity index (χ1) is 62.2. The van der Waals surface area contributed by atoms with E-state index >= 15 is 0 Å². The molecule has 7 rings (SSSR count). The Kier molecular flexibility index (Phi) is 61.1. The molecule has 1 aromatic rings. The molecule has 0 spiro atoms. The van der Waals surface area contributed by atoms with Crippen LogP contribution in [0.2, 0.25) is 0 Å². The predicted molar refractivity (Wildman–Crippen MR) is 507 cm³/mol. The maximum atomic E-state index is 14.4. The molecule has 0 aromatic heterocycles. The number of hydrogen-bond donors (Lipinski definition) is 0. The van der Waals surface area contributed by atoms with Gasteiger partial charge < -0.3 is 66.3 Å². The van der Waals surface area contributed by atoms with E-state index in [1.807, 2.05) is 0 Å². The molecule has 0 saturated carbocycles. The second-order valence-corrected chi connectivity index (χ2v) is 39.3. The maximum Gasteiger partial charge on any atom is 0.306 e. The van der Waals surface area contributed by atoms with E-state index in [-0.39, 0.29) is 50.3 Å². The third kappa shape index (κ3) is 53.0. The van der Waals surface area contributed by atoms with E-state index in [1.54, 1.807) is 31.2 Å². The highest BCUT2D eigenvalue weighted by Gasteiger charge is 2.53. The van der Waals surface area contributed by atoms with Gasteiger partial charge in [0.2, 0.25) is 18.7 Å². The van der Waals surface area contributed by atoms with E-state index < -0.39 is 67.1 Å². The first-order valence-corrected chi connectivity index (χ1v) is 54.2. The van der Waals surface area contributed by atoms with Crippen molar-refractivity contribution in [3.05, 3.63) is 24.3 Å². The number of unbranched alkanes of at least 4 members (excludes halogenated alkanes) is 45. The highest BCUT2D eigenvalue weighted by Crippen LogP contribution is 2.39. The highest BCUT2D eigenvalue weighted by molar-refractivity contribution is 5.72. The molecule has 6 aliphatic rings. The van der Waals surface area contributed by atoms with Crippen molar-refractivity contribution in [2.24, 2.45) is 0 Å². The second kappa shape index (κ2) is 70.6. The lowest BCUT2D eigenvalue weighted by Gasteiger charge is -2.43. The third-order valence-electron chi connectivity index (χ3n) is 27.4. The second-order valence-electron chi connectivity index (χ2n) is 39.3. The summed E-state index contributed by atoms with van der Waals surface area (Å²) >= 11 is 0. The van der Waals surface area contributed by atoms with Crippen molar-refractivity contribution in [3.8, 4) is 11.5 Å². The average molecular weight is 1790 g/mol. The Morgan fingerprint density at radius 3 is 0.961 bits per heavy atom. The van der Waals surface area contributed by atoms with E-state index in [4.69, 9.17) is 66.3 Å². The van der Waals surface area contributed by atoms with E-state index in [0.717, 1.165) is 199 Å². The average Bonchev–Trinajstić information content (AvgIpc) is 1.74. The van der Waals surface area contributed by atoms with Crippen molar-refractivity contribution in [3.63, 3.8) is 0 Å². The third-order valence-corrected chi connectivity index (χ3v) is 27.4. The summed E-state index contributed by atoms with van der Waals surface area (Å²) in [4.78, 5) is 69.9. The molecule has 0 N–H and O–H groups in total. The fourth-order valence-corrected chi connectivity index (χ4v) is 19.0. The van der Waals surface area contributed by atoms with Gasteiger partial charge in [-0.05, 0) is 134 Å². The molecule has 0 amide bonds. The van der Waals surface area contributed by atoms with Crippen LogP contribution in [0.3, 0.4) is 0 Å². The van der Waals surface area contributed by atoms with Gasteiger partial charge in [-0.25, -0.2) is 0 Å². The number of epoxide rings is 4. The molecule has 734 valence electrons. The number of rotatable bonds is 86. The molecule has 1 aromatic carbocycles. The van der Waals surface area contributed by atoms with Crippen molar-refractivity contribution in [1.29, 1.82) is 0 Å². The minimum atomic E-state index is -1.31. The lowest BCUT2D eigenvalue weighted by Crippen LogP contribution is -2.62. The SMILES string of the molecule is CCCCCCCCOC(C)CCCCCCCC(=O)O[C@@H]1CC(Oc2ccc(OC3O[C@H](C)[C@@H](OC(=O)CCCCCCCC4OC4CCCCCCCC)[C@H](OC(=O)CCCCCCCC4OC4CCCCCCCC)[C@H]3OC(=O)CCCCCCCC3OC3CCCCCCCC)cc2)O[C@H](COC(=O)CCCCCCCC2OC2CCCCCCCC)C1. The van der Waals surface area contributed by atoms with Gasteiger partial charge in [-0.3, -0.25) is 24.0 Å². The zero-order chi connectivity index (χ0) is 90.2. The fraction of sp³-hybridized carbons (Fsp3) is 0.898. The van der Waals surface area contributed by atoms with Crippen molar-refractivity contribution in [2.45, 2.75) is 608 Å². The number of carbonyl (C=O) groups excluding carboxylic acids is 5. The zero-order valence-electron chi connectivity index (χ0n) is 82.0. The topological polar surface area (TPSA) is 228 Å². The quantitative estimate of drug-likeness (QED) is 0.0255. The first kappa shape index (κ1) is 110. The highest BCUT2D eigenvalue weighted by atomic mass is 16.7. The Morgan fingerprint density at radius 1 is 0.307 bits per heavy atom. The van der Waals surface area contributed by atoms with Crippen molar-refractivity contribution in [2.75, 3.05) is 13.2 Å². The number of ether oxygens (including phenoxy) is 14. The summed E-state index contributed by atoms with van der Waals surface area (Å²) < 4.78 is 88.2. The Balaban J connectivity index is 0.957. The molecule has 0 aliphatic carbocycles. The fourth-order valence-electron chi connectivity index (χ4n) is 19.0. The molecule has 6 aliphatic heterocycles. The van der Waals surface area contributed by atoms with Gasteiger partial charge in [-0.2, -0.15) is 0 Å². The van der Waals surface area contributed by atoms with Crippen LogP contribution in [-0.4, -0.2) is 147 Å². The zero-order valence-corrected chi connectivity index (χ0v) is 82.0. The number of hydrogen-bond acceptors (Lipinski definition) is 19. The van der Waals surface area contributed by atoms with Crippen LogP contribution in [0.15, 0.2) is 24.3 Å². The van der Waals surface area contributed by atoms with Gasteiger partial charge in [0.1, 0.15) is 24.2 Å². The standard InChI is InChI=1S/C108H188O19/c1-8-13-18-23-34-49-64-91-95(121-91)68-53-38-29-42-57-72-99(109)115-84-90-82-89(117-100(110)73-58-43-28-33-48-63-85(6)114-81-62-47-27-22-17-12-5)83-104(119-90)118-87-77-79-88(80-78-87)120-108-107(127-103(113)76-61-46-32-41-56-71-98-94(124-98)67-52-37-26-21-16-11-4)106(126-102(112)75-60-45-31-40-55-70-97-93(123-97)66-51-36-25-20-15-10-3)105(86(7)116-108)125-101(111)74-59-44-30-39-54-69-96-92(122-96)65-50-35-24-19-14-9-2/h77-80,85-86,89-98,104-108H,8-76,81-84H2,1-7H3/t85?,86-,89+,90+,91?,92?,93?,94?,95?,96?,97?,98?,104?,105-,106+,107-,108?/m1/s1. The first-order valence-electron chi connectivity index (χ1n) is 54.2. The van der Waals surface area contributed by atoms with Crippen LogP contribution >= 0.6 is 0 Å². The van der Waals surface area contributed by atoms with E-state index in [2.05, 4.69) is 41.5 Å². The monoisotopic (exact) mass is 1790 g/mol.